The number of aromatic nitrogens is 1. The van der Waals surface area contributed by atoms with Crippen LogP contribution in [-0.2, 0) is 11.3 Å². The lowest BCUT2D eigenvalue weighted by molar-refractivity contribution is 0.0447. The van der Waals surface area contributed by atoms with Gasteiger partial charge >= 0.3 is 0 Å². The molecule has 1 aliphatic carbocycles. The predicted octanol–water partition coefficient (Wildman–Crippen LogP) is 3.73. The largest absolute Gasteiger partial charge is 0.490 e. The third-order valence-electron chi connectivity index (χ3n) is 4.72. The second kappa shape index (κ2) is 6.77. The molecule has 1 unspecified atom stereocenters. The first kappa shape index (κ1) is 17.9. The van der Waals surface area contributed by atoms with Crippen molar-refractivity contribution in [2.24, 2.45) is 5.73 Å². The number of ether oxygens (including phenoxy) is 1. The van der Waals surface area contributed by atoms with Gasteiger partial charge in [0.25, 0.3) is 6.43 Å². The van der Waals surface area contributed by atoms with Crippen LogP contribution >= 0.6 is 11.6 Å². The maximum Gasteiger partial charge on any atom is 0.272 e. The number of nitrogens with two attached hydrogens (primary N) is 1. The molecule has 0 amide bonds. The van der Waals surface area contributed by atoms with E-state index in [0.29, 0.717) is 17.5 Å². The second-order valence-electron chi connectivity index (χ2n) is 6.25. The van der Waals surface area contributed by atoms with Gasteiger partial charge in [0, 0.05) is 29.6 Å². The Bertz CT molecular complexity index is 776. The molecule has 0 radical (unpaired) electrons. The Labute approximate surface area is 150 Å². The first-order chi connectivity index (χ1) is 11.8. The average Bonchev–Trinajstić information content (AvgIpc) is 3.04. The fourth-order valence-electron chi connectivity index (χ4n) is 3.40. The molecule has 0 saturated carbocycles. The molecular weight excluding hydrogens is 348 g/mol. The molecule has 134 valence electrons. The normalized spacial score (nSPS) is 21.1. The van der Waals surface area contributed by atoms with Crippen LogP contribution in [0.3, 0.4) is 0 Å². The van der Waals surface area contributed by atoms with Crippen molar-refractivity contribution in [2.45, 2.75) is 38.9 Å². The zero-order chi connectivity index (χ0) is 18.3. The van der Waals surface area contributed by atoms with Crippen molar-refractivity contribution in [1.29, 1.82) is 0 Å². The summed E-state index contributed by atoms with van der Waals surface area (Å²) in [7, 11) is 0. The van der Waals surface area contributed by atoms with E-state index >= 15 is 0 Å². The number of allylic oxidation sites excluding steroid dienone is 2. The minimum atomic E-state index is -2.53. The second-order valence-corrected chi connectivity index (χ2v) is 6.61. The molecule has 0 fully saturated rings. The van der Waals surface area contributed by atoms with Crippen LogP contribution in [0.2, 0.25) is 5.15 Å². The van der Waals surface area contributed by atoms with Crippen LogP contribution in [0.1, 0.15) is 25.0 Å². The van der Waals surface area contributed by atoms with Gasteiger partial charge in [0.05, 0.1) is 12.1 Å². The summed E-state index contributed by atoms with van der Waals surface area (Å²) >= 11 is 6.19. The summed E-state index contributed by atoms with van der Waals surface area (Å²) in [6.07, 6.45) is 1.03. The van der Waals surface area contributed by atoms with E-state index in [-0.39, 0.29) is 6.04 Å². The molecule has 1 aliphatic heterocycles. The van der Waals surface area contributed by atoms with Crippen LogP contribution in [0.4, 0.5) is 8.78 Å². The summed E-state index contributed by atoms with van der Waals surface area (Å²) in [5.74, 6) is 0.407. The number of alkyl halides is 2. The van der Waals surface area contributed by atoms with Gasteiger partial charge in [-0.2, -0.15) is 0 Å². The van der Waals surface area contributed by atoms with Crippen molar-refractivity contribution in [2.75, 3.05) is 6.61 Å². The van der Waals surface area contributed by atoms with Gasteiger partial charge in [-0.15, -0.1) is 0 Å². The molecule has 4 nitrogen and oxygen atoms in total. The fourth-order valence-corrected chi connectivity index (χ4v) is 3.62. The third kappa shape index (κ3) is 3.16. The number of fused-ring (bicyclic) bond motifs is 1. The molecular formula is C18H20ClF2N3O. The SMILES string of the molecule is C=C1c2ccnc(Cl)c2CN1C(C)C1=CC(C)=C(OCC(F)F)[C@@H]1N. The lowest BCUT2D eigenvalue weighted by Crippen LogP contribution is -2.37. The average molecular weight is 368 g/mol. The maximum absolute atomic E-state index is 12.4. The highest BCUT2D eigenvalue weighted by Crippen LogP contribution is 2.39. The third-order valence-corrected chi connectivity index (χ3v) is 5.04. The molecule has 1 aromatic rings. The first-order valence-electron chi connectivity index (χ1n) is 7.99. The van der Waals surface area contributed by atoms with Crippen molar-refractivity contribution >= 4 is 17.3 Å². The maximum atomic E-state index is 12.4. The van der Waals surface area contributed by atoms with Crippen molar-refractivity contribution in [3.8, 4) is 0 Å². The summed E-state index contributed by atoms with van der Waals surface area (Å²) in [6.45, 7) is 7.91. The molecule has 1 aromatic heterocycles. The Morgan fingerprint density at radius 1 is 1.52 bits per heavy atom. The fraction of sp³-hybridized carbons (Fsp3) is 0.389. The number of nitrogens with zero attached hydrogens (tertiary/aromatic N) is 2. The number of hydrogen-bond donors (Lipinski definition) is 1. The molecule has 0 saturated heterocycles. The van der Waals surface area contributed by atoms with E-state index in [4.69, 9.17) is 22.1 Å². The highest BCUT2D eigenvalue weighted by molar-refractivity contribution is 6.30. The molecule has 0 bridgehead atoms. The van der Waals surface area contributed by atoms with Crippen molar-refractivity contribution < 1.29 is 13.5 Å². The molecule has 2 N–H and O–H groups in total. The van der Waals surface area contributed by atoms with Crippen molar-refractivity contribution in [1.82, 2.24) is 9.88 Å². The van der Waals surface area contributed by atoms with E-state index in [9.17, 15) is 8.78 Å². The highest BCUT2D eigenvalue weighted by Gasteiger charge is 2.35. The van der Waals surface area contributed by atoms with E-state index < -0.39 is 19.1 Å². The van der Waals surface area contributed by atoms with Gasteiger partial charge in [-0.3, -0.25) is 0 Å². The van der Waals surface area contributed by atoms with Crippen LogP contribution in [0.15, 0.2) is 41.8 Å². The Morgan fingerprint density at radius 3 is 2.88 bits per heavy atom. The van der Waals surface area contributed by atoms with Gasteiger partial charge in [-0.25, -0.2) is 13.8 Å². The molecule has 0 spiro atoms. The van der Waals surface area contributed by atoms with Crippen molar-refractivity contribution in [3.63, 3.8) is 0 Å². The Balaban J connectivity index is 1.77. The monoisotopic (exact) mass is 367 g/mol. The van der Waals surface area contributed by atoms with E-state index in [0.717, 1.165) is 28.0 Å². The van der Waals surface area contributed by atoms with Crippen molar-refractivity contribution in [3.05, 3.63) is 58.1 Å². The molecule has 3 rings (SSSR count). The quantitative estimate of drug-likeness (QED) is 0.806. The molecule has 7 heteroatoms. The van der Waals surface area contributed by atoms with E-state index in [2.05, 4.69) is 16.5 Å². The summed E-state index contributed by atoms with van der Waals surface area (Å²) in [6, 6.07) is 1.27. The van der Waals surface area contributed by atoms with E-state index in [1.807, 2.05) is 26.0 Å². The Kier molecular flexibility index (Phi) is 4.84. The summed E-state index contributed by atoms with van der Waals surface area (Å²) in [4.78, 5) is 6.21. The molecule has 2 aliphatic rings. The standard InChI is InChI=1S/C18H20ClF2N3O/c1-9-6-13(16(22)17(9)25-8-15(20)21)11(3)24-7-14-12(10(24)2)4-5-23-18(14)19/h4-6,11,15-16H,2,7-8,22H2,1,3H3/t11?,16-/m1/s1. The van der Waals surface area contributed by atoms with Gasteiger partial charge in [-0.05, 0) is 31.1 Å². The van der Waals surface area contributed by atoms with Gasteiger partial charge in [0.2, 0.25) is 0 Å². The molecule has 25 heavy (non-hydrogen) atoms. The topological polar surface area (TPSA) is 51.4 Å². The number of halogens is 3. The smallest absolute Gasteiger partial charge is 0.272 e. The van der Waals surface area contributed by atoms with Gasteiger partial charge in [0.1, 0.15) is 17.5 Å². The highest BCUT2D eigenvalue weighted by atomic mass is 35.5. The van der Waals surface area contributed by atoms with Gasteiger partial charge < -0.3 is 15.4 Å². The number of rotatable bonds is 5. The van der Waals surface area contributed by atoms with Crippen LogP contribution < -0.4 is 5.73 Å². The van der Waals surface area contributed by atoms with Crippen LogP contribution in [0, 0.1) is 0 Å². The zero-order valence-electron chi connectivity index (χ0n) is 14.1. The van der Waals surface area contributed by atoms with E-state index in [1.54, 1.807) is 6.20 Å². The van der Waals surface area contributed by atoms with Gasteiger partial charge in [-0.1, -0.05) is 24.3 Å². The number of hydrogen-bond acceptors (Lipinski definition) is 4. The van der Waals surface area contributed by atoms with E-state index in [1.165, 1.54) is 0 Å². The van der Waals surface area contributed by atoms with Crippen LogP contribution in [0.25, 0.3) is 5.70 Å². The molecule has 2 heterocycles. The lowest BCUT2D eigenvalue weighted by atomic mass is 10.0. The summed E-state index contributed by atoms with van der Waals surface area (Å²) < 4.78 is 30.1. The Hall–Kier alpha value is -1.92. The molecule has 2 atom stereocenters. The Morgan fingerprint density at radius 2 is 2.24 bits per heavy atom. The summed E-state index contributed by atoms with van der Waals surface area (Å²) in [5, 5.41) is 0.466. The zero-order valence-corrected chi connectivity index (χ0v) is 14.9. The van der Waals surface area contributed by atoms with Crippen LogP contribution in [-0.4, -0.2) is 35.0 Å². The van der Waals surface area contributed by atoms with Gasteiger partial charge in [0.15, 0.2) is 0 Å². The summed E-state index contributed by atoms with van der Waals surface area (Å²) in [5.41, 5.74) is 10.7. The minimum absolute atomic E-state index is 0.0754. The first-order valence-corrected chi connectivity index (χ1v) is 8.37. The predicted molar refractivity (Wildman–Crippen MR) is 94.0 cm³/mol. The molecule has 0 aromatic carbocycles. The number of pyridine rings is 1. The van der Waals surface area contributed by atoms with Crippen LogP contribution in [0.5, 0.6) is 0 Å². The lowest BCUT2D eigenvalue weighted by Gasteiger charge is -2.31. The minimum Gasteiger partial charge on any atom is -0.490 e.